The van der Waals surface area contributed by atoms with E-state index in [1.807, 2.05) is 66.7 Å². The van der Waals surface area contributed by atoms with Crippen molar-refractivity contribution in [3.05, 3.63) is 90.0 Å². The van der Waals surface area contributed by atoms with Crippen LogP contribution in [0.1, 0.15) is 41.6 Å². The number of benzene rings is 3. The van der Waals surface area contributed by atoms with Crippen LogP contribution in [0.2, 0.25) is 0 Å². The highest BCUT2D eigenvalue weighted by molar-refractivity contribution is 5.97. The minimum absolute atomic E-state index is 0.0840. The number of hydrogen-bond donors (Lipinski definition) is 2. The standard InChI is InChI=1S/C29H31N3O4/c30-29(31)32-18-20-14-16-23(17-15-20)27(33)36-26-24(22-10-5-2-6-11-22)12-7-13-25(26)28(34)35-19-21-8-3-1-4-9-21/h1-13,20,23H,14-19H2,(H4,30,31,32). The molecule has 0 amide bonds. The van der Waals surface area contributed by atoms with Crippen LogP contribution < -0.4 is 16.2 Å². The molecule has 36 heavy (non-hydrogen) atoms. The third-order valence-electron chi connectivity index (χ3n) is 6.45. The van der Waals surface area contributed by atoms with E-state index < -0.39 is 5.97 Å². The lowest BCUT2D eigenvalue weighted by Crippen LogP contribution is -2.28. The summed E-state index contributed by atoms with van der Waals surface area (Å²) in [6.45, 7) is 0.695. The number of guanidine groups is 1. The van der Waals surface area contributed by atoms with Crippen LogP contribution in [-0.4, -0.2) is 24.4 Å². The summed E-state index contributed by atoms with van der Waals surface area (Å²) in [7, 11) is 0. The third-order valence-corrected chi connectivity index (χ3v) is 6.45. The van der Waals surface area contributed by atoms with Gasteiger partial charge in [0.05, 0.1) is 5.92 Å². The average molecular weight is 486 g/mol. The fraction of sp³-hybridized carbons (Fsp3) is 0.276. The van der Waals surface area contributed by atoms with E-state index >= 15 is 0 Å². The second-order valence-corrected chi connectivity index (χ2v) is 9.01. The molecule has 7 heteroatoms. The molecule has 0 bridgehead atoms. The quantitative estimate of drug-likeness (QED) is 0.207. The summed E-state index contributed by atoms with van der Waals surface area (Å²) >= 11 is 0. The van der Waals surface area contributed by atoms with Crippen molar-refractivity contribution in [3.63, 3.8) is 0 Å². The second-order valence-electron chi connectivity index (χ2n) is 9.01. The van der Waals surface area contributed by atoms with Crippen molar-refractivity contribution in [2.45, 2.75) is 32.3 Å². The summed E-state index contributed by atoms with van der Waals surface area (Å²) in [6, 6.07) is 24.3. The van der Waals surface area contributed by atoms with E-state index in [9.17, 15) is 9.59 Å². The Kier molecular flexibility index (Phi) is 8.34. The molecule has 186 valence electrons. The van der Waals surface area contributed by atoms with E-state index in [0.717, 1.165) is 24.0 Å². The van der Waals surface area contributed by atoms with Gasteiger partial charge in [0.2, 0.25) is 0 Å². The number of aliphatic imine (C=N–C) groups is 1. The van der Waals surface area contributed by atoms with Gasteiger partial charge in [-0.25, -0.2) is 4.79 Å². The van der Waals surface area contributed by atoms with Gasteiger partial charge < -0.3 is 20.9 Å². The van der Waals surface area contributed by atoms with Crippen molar-refractivity contribution >= 4 is 17.9 Å². The van der Waals surface area contributed by atoms with Gasteiger partial charge in [-0.2, -0.15) is 0 Å². The monoisotopic (exact) mass is 485 g/mol. The Morgan fingerprint density at radius 2 is 1.50 bits per heavy atom. The first-order valence-corrected chi connectivity index (χ1v) is 12.2. The van der Waals surface area contributed by atoms with Crippen molar-refractivity contribution in [1.82, 2.24) is 0 Å². The minimum Gasteiger partial charge on any atom is -0.457 e. The summed E-state index contributed by atoms with van der Waals surface area (Å²) in [4.78, 5) is 30.4. The summed E-state index contributed by atoms with van der Waals surface area (Å²) < 4.78 is 11.5. The van der Waals surface area contributed by atoms with Crippen molar-refractivity contribution in [2.75, 3.05) is 6.54 Å². The molecule has 4 rings (SSSR count). The Morgan fingerprint density at radius 1 is 0.833 bits per heavy atom. The Morgan fingerprint density at radius 3 is 2.17 bits per heavy atom. The summed E-state index contributed by atoms with van der Waals surface area (Å²) in [6.07, 6.45) is 3.04. The maximum Gasteiger partial charge on any atom is 0.342 e. The van der Waals surface area contributed by atoms with Gasteiger partial charge in [-0.3, -0.25) is 9.79 Å². The Labute approximate surface area is 211 Å². The normalized spacial score (nSPS) is 17.1. The Bertz CT molecular complexity index is 1200. The highest BCUT2D eigenvalue weighted by Gasteiger charge is 2.30. The van der Waals surface area contributed by atoms with Crippen molar-refractivity contribution in [3.8, 4) is 16.9 Å². The largest absolute Gasteiger partial charge is 0.457 e. The van der Waals surface area contributed by atoms with Gasteiger partial charge >= 0.3 is 11.9 Å². The molecular weight excluding hydrogens is 454 g/mol. The maximum absolute atomic E-state index is 13.2. The van der Waals surface area contributed by atoms with Crippen molar-refractivity contribution in [1.29, 1.82) is 0 Å². The van der Waals surface area contributed by atoms with Gasteiger partial charge in [0.25, 0.3) is 0 Å². The topological polar surface area (TPSA) is 117 Å². The molecule has 0 aromatic heterocycles. The van der Waals surface area contributed by atoms with Gasteiger partial charge in [-0.05, 0) is 48.8 Å². The van der Waals surface area contributed by atoms with Crippen LogP contribution in [-0.2, 0) is 16.1 Å². The minimum atomic E-state index is -0.541. The zero-order valence-electron chi connectivity index (χ0n) is 20.1. The van der Waals surface area contributed by atoms with Gasteiger partial charge in [-0.1, -0.05) is 72.8 Å². The number of rotatable bonds is 8. The molecule has 4 N–H and O–H groups in total. The molecule has 0 heterocycles. The lowest BCUT2D eigenvalue weighted by Gasteiger charge is -2.26. The fourth-order valence-corrected chi connectivity index (χ4v) is 4.45. The number of hydrogen-bond acceptors (Lipinski definition) is 5. The lowest BCUT2D eigenvalue weighted by atomic mass is 9.82. The van der Waals surface area contributed by atoms with E-state index in [4.69, 9.17) is 20.9 Å². The molecular formula is C29H31N3O4. The Balaban J connectivity index is 1.53. The van der Waals surface area contributed by atoms with Crippen LogP contribution in [0.5, 0.6) is 5.75 Å². The van der Waals surface area contributed by atoms with E-state index in [2.05, 4.69) is 4.99 Å². The third kappa shape index (κ3) is 6.50. The van der Waals surface area contributed by atoms with Gasteiger partial charge in [-0.15, -0.1) is 0 Å². The van der Waals surface area contributed by atoms with Crippen molar-refractivity contribution < 1.29 is 19.1 Å². The molecule has 1 saturated carbocycles. The highest BCUT2D eigenvalue weighted by atomic mass is 16.5. The van der Waals surface area contributed by atoms with Crippen molar-refractivity contribution in [2.24, 2.45) is 28.3 Å². The lowest BCUT2D eigenvalue weighted by molar-refractivity contribution is -0.140. The molecule has 0 unspecified atom stereocenters. The first kappa shape index (κ1) is 25.0. The van der Waals surface area contributed by atoms with Crippen LogP contribution in [0.15, 0.2) is 83.9 Å². The summed E-state index contributed by atoms with van der Waals surface area (Å²) in [5, 5.41) is 0. The number of carbonyl (C=O) groups is 2. The van der Waals surface area contributed by atoms with Gasteiger partial charge in [0, 0.05) is 12.1 Å². The molecule has 3 aromatic rings. The van der Waals surface area contributed by atoms with Crippen LogP contribution in [0.25, 0.3) is 11.1 Å². The van der Waals surface area contributed by atoms with Crippen LogP contribution in [0.3, 0.4) is 0 Å². The van der Waals surface area contributed by atoms with E-state index in [0.29, 0.717) is 30.9 Å². The van der Waals surface area contributed by atoms with Gasteiger partial charge in [0.15, 0.2) is 11.7 Å². The number of ether oxygens (including phenoxy) is 2. The summed E-state index contributed by atoms with van der Waals surface area (Å²) in [5.41, 5.74) is 13.5. The SMILES string of the molecule is NC(N)=NCC1CCC(C(=O)Oc2c(C(=O)OCc3ccccc3)cccc2-c2ccccc2)CC1. The predicted molar refractivity (Wildman–Crippen MR) is 139 cm³/mol. The fourth-order valence-electron chi connectivity index (χ4n) is 4.45. The first-order valence-electron chi connectivity index (χ1n) is 12.2. The predicted octanol–water partition coefficient (Wildman–Crippen LogP) is 4.70. The molecule has 0 spiro atoms. The number of carbonyl (C=O) groups excluding carboxylic acids is 2. The number of esters is 2. The molecule has 1 fully saturated rings. The van der Waals surface area contributed by atoms with Crippen LogP contribution >= 0.6 is 0 Å². The second kappa shape index (κ2) is 12.0. The molecule has 0 aliphatic heterocycles. The summed E-state index contributed by atoms with van der Waals surface area (Å²) in [5.74, 6) is -0.472. The molecule has 0 radical (unpaired) electrons. The van der Waals surface area contributed by atoms with Crippen LogP contribution in [0, 0.1) is 11.8 Å². The molecule has 7 nitrogen and oxygen atoms in total. The molecule has 1 aliphatic carbocycles. The zero-order valence-corrected chi connectivity index (χ0v) is 20.1. The average Bonchev–Trinajstić information content (AvgIpc) is 2.92. The number of para-hydroxylation sites is 1. The Hall–Kier alpha value is -4.13. The molecule has 1 aliphatic rings. The maximum atomic E-state index is 13.2. The number of nitrogens with two attached hydrogens (primary N) is 2. The van der Waals surface area contributed by atoms with Crippen LogP contribution in [0.4, 0.5) is 0 Å². The molecule has 0 saturated heterocycles. The first-order chi connectivity index (χ1) is 17.5. The molecule has 0 atom stereocenters. The van der Waals surface area contributed by atoms with Gasteiger partial charge in [0.1, 0.15) is 12.2 Å². The number of nitrogens with zero attached hydrogens (tertiary/aromatic N) is 1. The zero-order chi connectivity index (χ0) is 25.3. The van der Waals surface area contributed by atoms with E-state index in [1.54, 1.807) is 12.1 Å². The smallest absolute Gasteiger partial charge is 0.342 e. The highest BCUT2D eigenvalue weighted by Crippen LogP contribution is 2.36. The van der Waals surface area contributed by atoms with E-state index in [-0.39, 0.29) is 35.8 Å². The molecule has 3 aromatic carbocycles. The van der Waals surface area contributed by atoms with E-state index in [1.165, 1.54) is 0 Å².